The third kappa shape index (κ3) is 4.06. The van der Waals surface area contributed by atoms with Crippen LogP contribution in [0.4, 0.5) is 11.5 Å². The number of carbonyl (C=O) groups is 1. The van der Waals surface area contributed by atoms with Gasteiger partial charge in [0.25, 0.3) is 0 Å². The van der Waals surface area contributed by atoms with Crippen LogP contribution in [0.25, 0.3) is 5.82 Å². The summed E-state index contributed by atoms with van der Waals surface area (Å²) in [7, 11) is 0. The third-order valence-corrected chi connectivity index (χ3v) is 5.68. The van der Waals surface area contributed by atoms with Crippen LogP contribution in [0.2, 0.25) is 0 Å². The van der Waals surface area contributed by atoms with E-state index >= 15 is 0 Å². The van der Waals surface area contributed by atoms with E-state index < -0.39 is 0 Å². The van der Waals surface area contributed by atoms with Gasteiger partial charge >= 0.3 is 0 Å². The maximum absolute atomic E-state index is 13.1. The van der Waals surface area contributed by atoms with Gasteiger partial charge in [-0.05, 0) is 63.9 Å². The molecule has 1 amide bonds. The van der Waals surface area contributed by atoms with Crippen molar-refractivity contribution in [2.45, 2.75) is 33.6 Å². The highest BCUT2D eigenvalue weighted by Crippen LogP contribution is 2.25. The number of hydrogen-bond acceptors (Lipinski definition) is 5. The normalized spacial score (nSPS) is 14.7. The smallest absolute Gasteiger partial charge is 0.230 e. The van der Waals surface area contributed by atoms with Crippen molar-refractivity contribution in [2.24, 2.45) is 5.92 Å². The van der Waals surface area contributed by atoms with Crippen LogP contribution in [-0.2, 0) is 4.79 Å². The Bertz CT molecular complexity index is 990. The first-order chi connectivity index (χ1) is 14.6. The molecule has 0 unspecified atom stereocenters. The highest BCUT2D eigenvalue weighted by Gasteiger charge is 2.29. The summed E-state index contributed by atoms with van der Waals surface area (Å²) in [5.41, 5.74) is 2.97. The first-order valence-electron chi connectivity index (χ1n) is 10.6. The fourth-order valence-corrected chi connectivity index (χ4v) is 4.11. The van der Waals surface area contributed by atoms with E-state index in [2.05, 4.69) is 20.2 Å². The van der Waals surface area contributed by atoms with Crippen molar-refractivity contribution >= 4 is 17.4 Å². The largest absolute Gasteiger partial charge is 0.355 e. The number of aromatic nitrogens is 4. The number of para-hydroxylation sites is 1. The molecule has 7 heteroatoms. The number of aryl methyl sites for hydroxylation is 2. The number of nitrogens with zero attached hydrogens (tertiary/aromatic N) is 6. The molecule has 1 aliphatic rings. The zero-order valence-corrected chi connectivity index (χ0v) is 17.8. The topological polar surface area (TPSA) is 67.2 Å². The molecule has 0 atom stereocenters. The van der Waals surface area contributed by atoms with Gasteiger partial charge in [0.15, 0.2) is 11.6 Å². The molecule has 0 N–H and O–H groups in total. The van der Waals surface area contributed by atoms with Crippen LogP contribution in [-0.4, -0.2) is 45.5 Å². The summed E-state index contributed by atoms with van der Waals surface area (Å²) < 4.78 is 1.81. The molecule has 0 aliphatic carbocycles. The lowest BCUT2D eigenvalue weighted by atomic mass is 9.95. The molecule has 3 heterocycles. The van der Waals surface area contributed by atoms with Gasteiger partial charge < -0.3 is 9.80 Å². The Morgan fingerprint density at radius 3 is 2.27 bits per heavy atom. The molecule has 1 saturated heterocycles. The number of piperidine rings is 1. The predicted octanol–water partition coefficient (Wildman–Crippen LogP) is 3.55. The minimum atomic E-state index is 0.0448. The van der Waals surface area contributed by atoms with E-state index in [9.17, 15) is 4.79 Å². The molecule has 3 aromatic rings. The van der Waals surface area contributed by atoms with Crippen molar-refractivity contribution in [3.05, 3.63) is 59.9 Å². The van der Waals surface area contributed by atoms with Crippen LogP contribution < -0.4 is 9.80 Å². The number of carbonyl (C=O) groups excluding carboxylic acids is 1. The monoisotopic (exact) mass is 404 g/mol. The SMILES string of the molecule is CCN(C(=O)C1CCN(c2ccc(-n3nc(C)cc3C)nn2)CC1)c1ccccc1. The summed E-state index contributed by atoms with van der Waals surface area (Å²) in [5, 5.41) is 13.2. The van der Waals surface area contributed by atoms with Gasteiger partial charge in [0.1, 0.15) is 0 Å². The van der Waals surface area contributed by atoms with E-state index in [1.54, 1.807) is 4.68 Å². The Morgan fingerprint density at radius 2 is 1.70 bits per heavy atom. The zero-order chi connectivity index (χ0) is 21.1. The Morgan fingerprint density at radius 1 is 1.03 bits per heavy atom. The Kier molecular flexibility index (Phi) is 5.79. The Labute approximate surface area is 177 Å². The van der Waals surface area contributed by atoms with Gasteiger partial charge in [-0.2, -0.15) is 5.10 Å². The minimum absolute atomic E-state index is 0.0448. The lowest BCUT2D eigenvalue weighted by molar-refractivity contribution is -0.122. The van der Waals surface area contributed by atoms with Crippen LogP contribution in [0.1, 0.15) is 31.2 Å². The first kappa shape index (κ1) is 20.1. The molecule has 156 valence electrons. The molecule has 1 fully saturated rings. The summed E-state index contributed by atoms with van der Waals surface area (Å²) in [5.74, 6) is 1.83. The summed E-state index contributed by atoms with van der Waals surface area (Å²) >= 11 is 0. The quantitative estimate of drug-likeness (QED) is 0.651. The van der Waals surface area contributed by atoms with Crippen molar-refractivity contribution in [2.75, 3.05) is 29.4 Å². The van der Waals surface area contributed by atoms with E-state index in [0.717, 1.165) is 54.6 Å². The predicted molar refractivity (Wildman–Crippen MR) is 118 cm³/mol. The van der Waals surface area contributed by atoms with Gasteiger partial charge in [-0.1, -0.05) is 18.2 Å². The maximum Gasteiger partial charge on any atom is 0.230 e. The molecule has 0 radical (unpaired) electrons. The average molecular weight is 405 g/mol. The molecule has 0 saturated carbocycles. The molecule has 1 aliphatic heterocycles. The fraction of sp³-hybridized carbons (Fsp3) is 0.391. The molecule has 2 aromatic heterocycles. The van der Waals surface area contributed by atoms with Gasteiger partial charge in [0, 0.05) is 36.9 Å². The van der Waals surface area contributed by atoms with Crippen LogP contribution in [0.3, 0.4) is 0 Å². The van der Waals surface area contributed by atoms with Gasteiger partial charge in [0.2, 0.25) is 5.91 Å². The summed E-state index contributed by atoms with van der Waals surface area (Å²) in [4.78, 5) is 17.2. The molecule has 30 heavy (non-hydrogen) atoms. The van der Waals surface area contributed by atoms with E-state index in [1.807, 2.05) is 74.2 Å². The van der Waals surface area contributed by atoms with Crippen molar-refractivity contribution in [3.63, 3.8) is 0 Å². The molecule has 1 aromatic carbocycles. The Hall–Kier alpha value is -3.22. The van der Waals surface area contributed by atoms with E-state index in [4.69, 9.17) is 0 Å². The number of rotatable bonds is 5. The first-order valence-corrected chi connectivity index (χ1v) is 10.6. The second-order valence-corrected chi connectivity index (χ2v) is 7.77. The maximum atomic E-state index is 13.1. The van der Waals surface area contributed by atoms with Gasteiger partial charge in [0.05, 0.1) is 5.69 Å². The number of benzene rings is 1. The number of hydrogen-bond donors (Lipinski definition) is 0. The molecular weight excluding hydrogens is 376 g/mol. The highest BCUT2D eigenvalue weighted by atomic mass is 16.2. The molecular formula is C23H28N6O. The Balaban J connectivity index is 1.39. The van der Waals surface area contributed by atoms with Crippen molar-refractivity contribution in [1.82, 2.24) is 20.0 Å². The third-order valence-electron chi connectivity index (χ3n) is 5.68. The van der Waals surface area contributed by atoms with E-state index in [0.29, 0.717) is 6.54 Å². The molecule has 0 spiro atoms. The lowest BCUT2D eigenvalue weighted by Crippen LogP contribution is -2.43. The number of amides is 1. The van der Waals surface area contributed by atoms with Crippen LogP contribution in [0.15, 0.2) is 48.5 Å². The van der Waals surface area contributed by atoms with Gasteiger partial charge in [-0.3, -0.25) is 4.79 Å². The van der Waals surface area contributed by atoms with Crippen LogP contribution in [0.5, 0.6) is 0 Å². The zero-order valence-electron chi connectivity index (χ0n) is 17.8. The summed E-state index contributed by atoms with van der Waals surface area (Å²) in [6.45, 7) is 8.29. The lowest BCUT2D eigenvalue weighted by Gasteiger charge is -2.34. The second-order valence-electron chi connectivity index (χ2n) is 7.77. The van der Waals surface area contributed by atoms with Crippen molar-refractivity contribution in [3.8, 4) is 5.82 Å². The molecule has 0 bridgehead atoms. The minimum Gasteiger partial charge on any atom is -0.355 e. The number of anilines is 2. The fourth-order valence-electron chi connectivity index (χ4n) is 4.11. The summed E-state index contributed by atoms with van der Waals surface area (Å²) in [6, 6.07) is 15.9. The van der Waals surface area contributed by atoms with Crippen LogP contribution in [0, 0.1) is 19.8 Å². The van der Waals surface area contributed by atoms with Gasteiger partial charge in [-0.25, -0.2) is 4.68 Å². The van der Waals surface area contributed by atoms with E-state index in [-0.39, 0.29) is 11.8 Å². The van der Waals surface area contributed by atoms with Crippen molar-refractivity contribution in [1.29, 1.82) is 0 Å². The highest BCUT2D eigenvalue weighted by molar-refractivity contribution is 5.95. The second kappa shape index (κ2) is 8.65. The standard InChI is InChI=1S/C23H28N6O/c1-4-28(20-8-6-5-7-9-20)23(30)19-12-14-27(15-13-19)21-10-11-22(25-24-21)29-18(3)16-17(2)26-29/h5-11,16,19H,4,12-15H2,1-3H3. The van der Waals surface area contributed by atoms with E-state index in [1.165, 1.54) is 0 Å². The van der Waals surface area contributed by atoms with Crippen molar-refractivity contribution < 1.29 is 4.79 Å². The average Bonchev–Trinajstić information content (AvgIpc) is 3.13. The van der Waals surface area contributed by atoms with Gasteiger partial charge in [-0.15, -0.1) is 10.2 Å². The van der Waals surface area contributed by atoms with Crippen LogP contribution >= 0.6 is 0 Å². The summed E-state index contributed by atoms with van der Waals surface area (Å²) in [6.07, 6.45) is 1.64. The molecule has 4 rings (SSSR count). The molecule has 7 nitrogen and oxygen atoms in total.